The molecular formula is C19H19ClFN3O3. The third kappa shape index (κ3) is 3.89. The fraction of sp³-hybridized carbons (Fsp3) is 0.421. The van der Waals surface area contributed by atoms with Crippen molar-refractivity contribution >= 4 is 17.5 Å². The molecule has 0 bridgehead atoms. The van der Waals surface area contributed by atoms with E-state index < -0.39 is 11.4 Å². The molecule has 2 saturated heterocycles. The molecule has 1 amide bonds. The van der Waals surface area contributed by atoms with Crippen LogP contribution >= 0.6 is 11.6 Å². The average molecular weight is 392 g/mol. The van der Waals surface area contributed by atoms with Crippen molar-refractivity contribution in [1.29, 1.82) is 0 Å². The molecule has 2 aromatic heterocycles. The summed E-state index contributed by atoms with van der Waals surface area (Å²) < 4.78 is 25.5. The van der Waals surface area contributed by atoms with E-state index in [0.717, 1.165) is 12.8 Å². The second-order valence-electron chi connectivity index (χ2n) is 6.90. The predicted octanol–water partition coefficient (Wildman–Crippen LogP) is 3.11. The molecule has 27 heavy (non-hydrogen) atoms. The first-order chi connectivity index (χ1) is 13.0. The summed E-state index contributed by atoms with van der Waals surface area (Å²) in [4.78, 5) is 22.5. The van der Waals surface area contributed by atoms with Gasteiger partial charge in [0.1, 0.15) is 17.0 Å². The van der Waals surface area contributed by atoms with Crippen molar-refractivity contribution in [3.8, 4) is 5.88 Å². The Morgan fingerprint density at radius 3 is 3.07 bits per heavy atom. The van der Waals surface area contributed by atoms with E-state index in [0.29, 0.717) is 31.8 Å². The first-order valence-electron chi connectivity index (χ1n) is 8.88. The van der Waals surface area contributed by atoms with Gasteiger partial charge in [-0.1, -0.05) is 17.7 Å². The van der Waals surface area contributed by atoms with Gasteiger partial charge in [0.15, 0.2) is 5.82 Å². The number of nitrogens with zero attached hydrogens (tertiary/aromatic N) is 3. The Bertz CT molecular complexity index is 852. The average Bonchev–Trinajstić information content (AvgIpc) is 3.05. The van der Waals surface area contributed by atoms with Crippen LogP contribution in [0.5, 0.6) is 5.88 Å². The quantitative estimate of drug-likeness (QED) is 0.752. The van der Waals surface area contributed by atoms with Gasteiger partial charge in [0, 0.05) is 19.2 Å². The van der Waals surface area contributed by atoms with Gasteiger partial charge in [-0.3, -0.25) is 4.79 Å². The van der Waals surface area contributed by atoms with E-state index in [2.05, 4.69) is 9.97 Å². The minimum absolute atomic E-state index is 0.0185. The third-order valence-corrected chi connectivity index (χ3v) is 5.15. The summed E-state index contributed by atoms with van der Waals surface area (Å²) in [6, 6.07) is 7.82. The van der Waals surface area contributed by atoms with Gasteiger partial charge >= 0.3 is 0 Å². The van der Waals surface area contributed by atoms with Crippen molar-refractivity contribution in [2.45, 2.75) is 31.0 Å². The van der Waals surface area contributed by atoms with Crippen molar-refractivity contribution < 1.29 is 18.7 Å². The maximum Gasteiger partial charge on any atom is 0.272 e. The van der Waals surface area contributed by atoms with Gasteiger partial charge in [-0.05, 0) is 37.1 Å². The summed E-state index contributed by atoms with van der Waals surface area (Å²) in [7, 11) is 0. The Morgan fingerprint density at radius 2 is 2.26 bits per heavy atom. The number of carbonyl (C=O) groups is 1. The van der Waals surface area contributed by atoms with Crippen LogP contribution in [0.15, 0.2) is 36.5 Å². The highest BCUT2D eigenvalue weighted by atomic mass is 35.5. The summed E-state index contributed by atoms with van der Waals surface area (Å²) >= 11 is 5.90. The molecule has 2 aromatic rings. The first kappa shape index (κ1) is 18.1. The lowest BCUT2D eigenvalue weighted by atomic mass is 9.89. The third-order valence-electron chi connectivity index (χ3n) is 4.94. The highest BCUT2D eigenvalue weighted by Gasteiger charge is 2.45. The lowest BCUT2D eigenvalue weighted by Gasteiger charge is -2.39. The number of halogens is 2. The van der Waals surface area contributed by atoms with Gasteiger partial charge in [-0.15, -0.1) is 0 Å². The Balaban J connectivity index is 1.43. The topological polar surface area (TPSA) is 64.6 Å². The van der Waals surface area contributed by atoms with Crippen LogP contribution in [0.25, 0.3) is 0 Å². The minimum Gasteiger partial charge on any atom is -0.470 e. The Labute approximate surface area is 161 Å². The maximum absolute atomic E-state index is 13.8. The van der Waals surface area contributed by atoms with Crippen molar-refractivity contribution in [3.05, 3.63) is 53.2 Å². The number of carbonyl (C=O) groups excluding carboxylic acids is 1. The van der Waals surface area contributed by atoms with Gasteiger partial charge in [0.2, 0.25) is 0 Å². The van der Waals surface area contributed by atoms with E-state index in [4.69, 9.17) is 21.1 Å². The van der Waals surface area contributed by atoms with E-state index in [1.165, 1.54) is 18.3 Å². The zero-order chi connectivity index (χ0) is 18.9. The number of hydrogen-bond acceptors (Lipinski definition) is 5. The van der Waals surface area contributed by atoms with Crippen LogP contribution in [-0.4, -0.2) is 52.2 Å². The Hall–Kier alpha value is -2.25. The van der Waals surface area contributed by atoms with Crippen LogP contribution in [0.2, 0.25) is 5.15 Å². The van der Waals surface area contributed by atoms with Crippen LogP contribution in [0.3, 0.4) is 0 Å². The molecule has 0 aliphatic carbocycles. The van der Waals surface area contributed by atoms with Crippen LogP contribution in [0.1, 0.15) is 29.8 Å². The SMILES string of the molecule is O=C(c1cccc(Cl)n1)N1CCC[C@@]2(C[C@@H](Oc3ncccc3F)CO2)C1. The lowest BCUT2D eigenvalue weighted by Crippen LogP contribution is -2.50. The number of rotatable bonds is 3. The predicted molar refractivity (Wildman–Crippen MR) is 96.3 cm³/mol. The summed E-state index contributed by atoms with van der Waals surface area (Å²) in [5.41, 5.74) is -0.163. The fourth-order valence-corrected chi connectivity index (χ4v) is 3.90. The molecule has 2 fully saturated rings. The molecule has 142 valence electrons. The molecule has 0 aromatic carbocycles. The van der Waals surface area contributed by atoms with Crippen molar-refractivity contribution in [3.63, 3.8) is 0 Å². The monoisotopic (exact) mass is 391 g/mol. The Morgan fingerprint density at radius 1 is 1.37 bits per heavy atom. The fourth-order valence-electron chi connectivity index (χ4n) is 3.74. The molecule has 4 rings (SSSR count). The lowest BCUT2D eigenvalue weighted by molar-refractivity contribution is -0.0454. The molecule has 2 aliphatic rings. The van der Waals surface area contributed by atoms with Gasteiger partial charge in [0.05, 0.1) is 18.8 Å². The smallest absolute Gasteiger partial charge is 0.272 e. The number of ether oxygens (including phenoxy) is 2. The first-order valence-corrected chi connectivity index (χ1v) is 9.25. The van der Waals surface area contributed by atoms with Crippen molar-refractivity contribution in [1.82, 2.24) is 14.9 Å². The number of amides is 1. The summed E-state index contributed by atoms with van der Waals surface area (Å²) in [6.07, 6.45) is 3.41. The van der Waals surface area contributed by atoms with Crippen LogP contribution < -0.4 is 4.74 Å². The van der Waals surface area contributed by atoms with Crippen LogP contribution in [0.4, 0.5) is 4.39 Å². The number of aromatic nitrogens is 2. The van der Waals surface area contributed by atoms with E-state index in [-0.39, 0.29) is 23.0 Å². The zero-order valence-electron chi connectivity index (χ0n) is 14.6. The van der Waals surface area contributed by atoms with E-state index in [1.807, 2.05) is 0 Å². The summed E-state index contributed by atoms with van der Waals surface area (Å²) in [6.45, 7) is 1.43. The van der Waals surface area contributed by atoms with Crippen molar-refractivity contribution in [2.24, 2.45) is 0 Å². The second kappa shape index (κ2) is 7.40. The minimum atomic E-state index is -0.495. The molecule has 0 unspecified atom stereocenters. The highest BCUT2D eigenvalue weighted by molar-refractivity contribution is 6.29. The number of pyridine rings is 2. The normalized spacial score (nSPS) is 25.0. The van der Waals surface area contributed by atoms with Gasteiger partial charge < -0.3 is 14.4 Å². The van der Waals surface area contributed by atoms with Crippen molar-refractivity contribution in [2.75, 3.05) is 19.7 Å². The molecule has 0 saturated carbocycles. The van der Waals surface area contributed by atoms with Gasteiger partial charge in [-0.2, -0.15) is 0 Å². The largest absolute Gasteiger partial charge is 0.470 e. The molecule has 1 spiro atoms. The zero-order valence-corrected chi connectivity index (χ0v) is 15.4. The summed E-state index contributed by atoms with van der Waals surface area (Å²) in [5, 5.41) is 0.288. The highest BCUT2D eigenvalue weighted by Crippen LogP contribution is 2.36. The second-order valence-corrected chi connectivity index (χ2v) is 7.29. The molecule has 0 radical (unpaired) electrons. The summed E-state index contributed by atoms with van der Waals surface area (Å²) in [5.74, 6) is -0.679. The molecule has 0 N–H and O–H groups in total. The number of likely N-dealkylation sites (tertiary alicyclic amines) is 1. The van der Waals surface area contributed by atoms with E-state index >= 15 is 0 Å². The molecule has 6 nitrogen and oxygen atoms in total. The van der Waals surface area contributed by atoms with Gasteiger partial charge in [0.25, 0.3) is 11.8 Å². The van der Waals surface area contributed by atoms with Gasteiger partial charge in [-0.25, -0.2) is 14.4 Å². The molecular weight excluding hydrogens is 373 g/mol. The molecule has 2 aliphatic heterocycles. The molecule has 4 heterocycles. The van der Waals surface area contributed by atoms with Crippen LogP contribution in [-0.2, 0) is 4.74 Å². The molecule has 8 heteroatoms. The van der Waals surface area contributed by atoms with E-state index in [9.17, 15) is 9.18 Å². The van der Waals surface area contributed by atoms with E-state index in [1.54, 1.807) is 23.1 Å². The molecule has 2 atom stereocenters. The van der Waals surface area contributed by atoms with Crippen LogP contribution in [0, 0.1) is 5.82 Å². The number of hydrogen-bond donors (Lipinski definition) is 0. The Kier molecular flexibility index (Phi) is 4.97. The standard InChI is InChI=1S/C19H19ClFN3O3/c20-16-6-1-5-15(23-16)18(25)24-9-3-7-19(12-24)10-13(11-26-19)27-17-14(21)4-2-8-22-17/h1-2,4-6,8,13H,3,7,9-12H2/t13-,19-/m1/s1. The number of piperidine rings is 1. The maximum atomic E-state index is 13.8.